The molecule has 1 aromatic carbocycles. The Bertz CT molecular complexity index is 431. The van der Waals surface area contributed by atoms with Crippen LogP contribution in [0, 0.1) is 5.82 Å². The molecule has 0 aliphatic heterocycles. The number of esters is 1. The van der Waals surface area contributed by atoms with Crippen molar-refractivity contribution in [2.75, 3.05) is 20.2 Å². The number of carbonyl (C=O) groups excluding carboxylic acids is 2. The number of hydrogen-bond acceptors (Lipinski definition) is 3. The molecule has 5 heteroatoms. The Labute approximate surface area is 112 Å². The maximum Gasteiger partial charge on any atom is 0.325 e. The van der Waals surface area contributed by atoms with E-state index in [4.69, 9.17) is 4.74 Å². The largest absolute Gasteiger partial charge is 0.464 e. The van der Waals surface area contributed by atoms with E-state index in [2.05, 4.69) is 0 Å². The van der Waals surface area contributed by atoms with E-state index in [-0.39, 0.29) is 12.5 Å². The van der Waals surface area contributed by atoms with Gasteiger partial charge in [-0.05, 0) is 30.7 Å². The number of hydrogen-bond donors (Lipinski definition) is 0. The number of nitrogens with zero attached hydrogens (tertiary/aromatic N) is 1. The molecule has 0 aromatic heterocycles. The zero-order valence-electron chi connectivity index (χ0n) is 11.2. The van der Waals surface area contributed by atoms with Crippen molar-refractivity contribution >= 4 is 11.9 Å². The van der Waals surface area contributed by atoms with Crippen LogP contribution < -0.4 is 0 Å². The van der Waals surface area contributed by atoms with Gasteiger partial charge < -0.3 is 9.64 Å². The van der Waals surface area contributed by atoms with Crippen molar-refractivity contribution in [1.29, 1.82) is 0 Å². The molecule has 0 unspecified atom stereocenters. The zero-order valence-corrected chi connectivity index (χ0v) is 11.2. The third-order valence-corrected chi connectivity index (χ3v) is 2.57. The van der Waals surface area contributed by atoms with Gasteiger partial charge in [0.05, 0.1) is 6.61 Å². The van der Waals surface area contributed by atoms with Gasteiger partial charge in [-0.15, -0.1) is 0 Å². The third-order valence-electron chi connectivity index (χ3n) is 2.57. The van der Waals surface area contributed by atoms with Crippen LogP contribution in [0.2, 0.25) is 0 Å². The number of carbonyl (C=O) groups is 2. The van der Waals surface area contributed by atoms with Gasteiger partial charge in [-0.1, -0.05) is 13.3 Å². The molecule has 0 spiro atoms. The lowest BCUT2D eigenvalue weighted by molar-refractivity contribution is -0.144. The number of amides is 1. The molecular weight excluding hydrogens is 249 g/mol. The Balaban J connectivity index is 2.48. The number of rotatable bonds is 6. The van der Waals surface area contributed by atoms with Crippen molar-refractivity contribution < 1.29 is 18.7 Å². The second kappa shape index (κ2) is 7.51. The summed E-state index contributed by atoms with van der Waals surface area (Å²) in [5.41, 5.74) is 0.338. The van der Waals surface area contributed by atoms with E-state index in [0.717, 1.165) is 12.8 Å². The van der Waals surface area contributed by atoms with Gasteiger partial charge in [-0.3, -0.25) is 9.59 Å². The minimum Gasteiger partial charge on any atom is -0.464 e. The van der Waals surface area contributed by atoms with Gasteiger partial charge in [0.2, 0.25) is 0 Å². The first kappa shape index (κ1) is 15.1. The molecule has 0 N–H and O–H groups in total. The summed E-state index contributed by atoms with van der Waals surface area (Å²) in [5, 5.41) is 0. The highest BCUT2D eigenvalue weighted by Crippen LogP contribution is 2.06. The van der Waals surface area contributed by atoms with Crippen LogP contribution in [-0.4, -0.2) is 37.0 Å². The molecule has 1 aromatic rings. The Morgan fingerprint density at radius 3 is 2.47 bits per heavy atom. The summed E-state index contributed by atoms with van der Waals surface area (Å²) in [5.74, 6) is -1.18. The van der Waals surface area contributed by atoms with Crippen LogP contribution in [-0.2, 0) is 9.53 Å². The van der Waals surface area contributed by atoms with Crippen LogP contribution in [0.1, 0.15) is 30.1 Å². The van der Waals surface area contributed by atoms with Crippen molar-refractivity contribution in [3.05, 3.63) is 35.6 Å². The lowest BCUT2D eigenvalue weighted by Gasteiger charge is -2.16. The molecule has 0 fully saturated rings. The molecule has 0 bridgehead atoms. The quantitative estimate of drug-likeness (QED) is 0.586. The molecule has 0 aliphatic carbocycles. The highest BCUT2D eigenvalue weighted by atomic mass is 19.1. The lowest BCUT2D eigenvalue weighted by atomic mass is 10.2. The number of ether oxygens (including phenoxy) is 1. The van der Waals surface area contributed by atoms with Crippen LogP contribution in [0.4, 0.5) is 4.39 Å². The van der Waals surface area contributed by atoms with Crippen molar-refractivity contribution in [2.45, 2.75) is 19.8 Å². The highest BCUT2D eigenvalue weighted by Gasteiger charge is 2.15. The molecule has 0 saturated carbocycles. The van der Waals surface area contributed by atoms with Crippen LogP contribution in [0.5, 0.6) is 0 Å². The molecular formula is C14H18FNO3. The highest BCUT2D eigenvalue weighted by molar-refractivity contribution is 5.95. The number of likely N-dealkylation sites (N-methyl/N-ethyl adjacent to an activating group) is 1. The predicted molar refractivity (Wildman–Crippen MR) is 69.2 cm³/mol. The smallest absolute Gasteiger partial charge is 0.325 e. The molecule has 1 amide bonds. The molecule has 0 saturated heterocycles. The van der Waals surface area contributed by atoms with Crippen molar-refractivity contribution in [3.8, 4) is 0 Å². The molecule has 0 atom stereocenters. The Morgan fingerprint density at radius 2 is 1.89 bits per heavy atom. The van der Waals surface area contributed by atoms with Gasteiger partial charge >= 0.3 is 5.97 Å². The Kier molecular flexibility index (Phi) is 5.99. The van der Waals surface area contributed by atoms with Crippen molar-refractivity contribution in [2.24, 2.45) is 0 Å². The van der Waals surface area contributed by atoms with Crippen LogP contribution >= 0.6 is 0 Å². The zero-order chi connectivity index (χ0) is 14.3. The molecule has 4 nitrogen and oxygen atoms in total. The maximum atomic E-state index is 12.7. The van der Waals surface area contributed by atoms with E-state index < -0.39 is 11.8 Å². The summed E-state index contributed by atoms with van der Waals surface area (Å²) in [4.78, 5) is 24.6. The minimum absolute atomic E-state index is 0.111. The fraction of sp³-hybridized carbons (Fsp3) is 0.429. The molecule has 19 heavy (non-hydrogen) atoms. The first-order chi connectivity index (χ1) is 9.04. The fourth-order valence-electron chi connectivity index (χ4n) is 1.45. The summed E-state index contributed by atoms with van der Waals surface area (Å²) in [6, 6.07) is 5.19. The van der Waals surface area contributed by atoms with Gasteiger partial charge in [0.15, 0.2) is 0 Å². The first-order valence-corrected chi connectivity index (χ1v) is 6.21. The second-order valence-corrected chi connectivity index (χ2v) is 4.24. The SMILES string of the molecule is CCCCOC(=O)CN(C)C(=O)c1ccc(F)cc1. The third kappa shape index (κ3) is 5.07. The average molecular weight is 267 g/mol. The van der Waals surface area contributed by atoms with E-state index in [1.807, 2.05) is 6.92 Å². The minimum atomic E-state index is -0.439. The van der Waals surface area contributed by atoms with Crippen molar-refractivity contribution in [1.82, 2.24) is 4.90 Å². The average Bonchev–Trinajstić information content (AvgIpc) is 2.39. The number of unbranched alkanes of at least 4 members (excludes halogenated alkanes) is 1. The number of benzene rings is 1. The monoisotopic (exact) mass is 267 g/mol. The van der Waals surface area contributed by atoms with Crippen LogP contribution in [0.3, 0.4) is 0 Å². The normalized spacial score (nSPS) is 10.1. The van der Waals surface area contributed by atoms with Gasteiger partial charge in [0, 0.05) is 12.6 Å². The molecule has 0 heterocycles. The molecule has 0 radical (unpaired) electrons. The van der Waals surface area contributed by atoms with Gasteiger partial charge in [-0.2, -0.15) is 0 Å². The maximum absolute atomic E-state index is 12.7. The van der Waals surface area contributed by atoms with Gasteiger partial charge in [0.1, 0.15) is 12.4 Å². The summed E-state index contributed by atoms with van der Waals surface area (Å²) >= 11 is 0. The van der Waals surface area contributed by atoms with Crippen LogP contribution in [0.25, 0.3) is 0 Å². The predicted octanol–water partition coefficient (Wildman–Crippen LogP) is 2.24. The summed E-state index contributed by atoms with van der Waals surface area (Å²) in [6.07, 6.45) is 1.75. The van der Waals surface area contributed by atoms with E-state index in [0.29, 0.717) is 12.2 Å². The van der Waals surface area contributed by atoms with E-state index in [1.54, 1.807) is 0 Å². The van der Waals surface area contributed by atoms with Gasteiger partial charge in [0.25, 0.3) is 5.91 Å². The topological polar surface area (TPSA) is 46.6 Å². The molecule has 104 valence electrons. The van der Waals surface area contributed by atoms with E-state index in [9.17, 15) is 14.0 Å². The summed E-state index contributed by atoms with van der Waals surface area (Å²) < 4.78 is 17.7. The van der Waals surface area contributed by atoms with E-state index >= 15 is 0 Å². The summed E-state index contributed by atoms with van der Waals surface area (Å²) in [7, 11) is 1.51. The number of halogens is 1. The fourth-order valence-corrected chi connectivity index (χ4v) is 1.45. The molecule has 0 aliphatic rings. The van der Waals surface area contributed by atoms with Gasteiger partial charge in [-0.25, -0.2) is 4.39 Å². The summed E-state index contributed by atoms with van der Waals surface area (Å²) in [6.45, 7) is 2.26. The first-order valence-electron chi connectivity index (χ1n) is 6.21. The standard InChI is InChI=1S/C14H18FNO3/c1-3-4-9-19-13(17)10-16(2)14(18)11-5-7-12(15)8-6-11/h5-8H,3-4,9-10H2,1-2H3. The second-order valence-electron chi connectivity index (χ2n) is 4.24. The Morgan fingerprint density at radius 1 is 1.26 bits per heavy atom. The van der Waals surface area contributed by atoms with Crippen molar-refractivity contribution in [3.63, 3.8) is 0 Å². The van der Waals surface area contributed by atoms with E-state index in [1.165, 1.54) is 36.2 Å². The van der Waals surface area contributed by atoms with Crippen LogP contribution in [0.15, 0.2) is 24.3 Å². The lowest BCUT2D eigenvalue weighted by Crippen LogP contribution is -2.33. The molecule has 1 rings (SSSR count). The Hall–Kier alpha value is -1.91.